The van der Waals surface area contributed by atoms with Crippen LogP contribution in [0.1, 0.15) is 13.8 Å². The number of methoxy groups -OCH3 is 1. The van der Waals surface area contributed by atoms with Gasteiger partial charge in [0.05, 0.1) is 23.4 Å². The van der Waals surface area contributed by atoms with Crippen molar-refractivity contribution in [3.8, 4) is 22.6 Å². The number of thioether (sulfide) groups is 1. The Bertz CT molecular complexity index is 1350. The van der Waals surface area contributed by atoms with Crippen LogP contribution in [0, 0.1) is 0 Å². The van der Waals surface area contributed by atoms with Crippen molar-refractivity contribution in [2.75, 3.05) is 7.11 Å². The first-order valence-corrected chi connectivity index (χ1v) is 11.7. The molecule has 0 aliphatic carbocycles. The van der Waals surface area contributed by atoms with Gasteiger partial charge in [-0.1, -0.05) is 53.7 Å². The molecule has 2 aromatic carbocycles. The zero-order chi connectivity index (χ0) is 22.1. The maximum atomic E-state index is 13.9. The highest BCUT2D eigenvalue weighted by atomic mass is 35.5. The Morgan fingerprint density at radius 1 is 1.16 bits per heavy atom. The molecular weight excluding hydrogens is 452 g/mol. The Morgan fingerprint density at radius 3 is 2.58 bits per heavy atom. The fraction of sp³-hybridized carbons (Fsp3) is 0.174. The average Bonchev–Trinajstić information content (AvgIpc) is 3.18. The molecule has 5 nitrogen and oxygen atoms in total. The number of thiophene rings is 1. The van der Waals surface area contributed by atoms with Crippen molar-refractivity contribution in [3.05, 3.63) is 69.3 Å². The quantitative estimate of drug-likeness (QED) is 0.261. The van der Waals surface area contributed by atoms with Gasteiger partial charge < -0.3 is 4.74 Å². The number of rotatable bonds is 6. The number of ketones is 1. The minimum absolute atomic E-state index is 0.00820. The van der Waals surface area contributed by atoms with Gasteiger partial charge in [0.1, 0.15) is 16.4 Å². The van der Waals surface area contributed by atoms with E-state index in [1.165, 1.54) is 34.6 Å². The molecule has 0 bridgehead atoms. The van der Waals surface area contributed by atoms with E-state index in [2.05, 4.69) is 0 Å². The lowest BCUT2D eigenvalue weighted by molar-refractivity contribution is -0.116. The number of nitrogens with zero attached hydrogens (tertiary/aromatic N) is 2. The lowest BCUT2D eigenvalue weighted by Gasteiger charge is -2.16. The van der Waals surface area contributed by atoms with Crippen LogP contribution in [0.25, 0.3) is 27.0 Å². The molecule has 0 unspecified atom stereocenters. The van der Waals surface area contributed by atoms with Crippen molar-refractivity contribution in [1.29, 1.82) is 0 Å². The van der Waals surface area contributed by atoms with Gasteiger partial charge in [0, 0.05) is 21.5 Å². The summed E-state index contributed by atoms with van der Waals surface area (Å²) < 4.78 is 7.03. The van der Waals surface area contributed by atoms with Crippen molar-refractivity contribution in [3.63, 3.8) is 0 Å². The van der Waals surface area contributed by atoms with Crippen LogP contribution in [0.15, 0.2) is 63.9 Å². The number of Topliss-reactive ketones (excluding diaryl/α,β-unsaturated/α-hetero) is 1. The zero-order valence-electron chi connectivity index (χ0n) is 17.1. The molecule has 0 saturated carbocycles. The summed E-state index contributed by atoms with van der Waals surface area (Å²) in [4.78, 5) is 31.2. The molecule has 0 fully saturated rings. The van der Waals surface area contributed by atoms with E-state index in [9.17, 15) is 9.59 Å². The third-order valence-electron chi connectivity index (χ3n) is 4.92. The highest BCUT2D eigenvalue weighted by Crippen LogP contribution is 2.37. The van der Waals surface area contributed by atoms with Crippen LogP contribution in [-0.4, -0.2) is 27.7 Å². The first-order chi connectivity index (χ1) is 14.9. The Morgan fingerprint density at radius 2 is 1.87 bits per heavy atom. The molecule has 0 aliphatic rings. The standard InChI is InChI=1S/C23H19ClN2O3S2/c1-13(27)14(2)31-23-25-21-20(16(12-30-21)15-8-4-5-9-17(15)24)22(28)26(23)18-10-6-7-11-19(18)29-3/h4-12,14H,1-3H3/t14-/m0/s1. The molecule has 0 saturated heterocycles. The highest BCUT2D eigenvalue weighted by molar-refractivity contribution is 8.00. The molecule has 0 spiro atoms. The number of hydrogen-bond acceptors (Lipinski definition) is 6. The van der Waals surface area contributed by atoms with Crippen LogP contribution in [0.5, 0.6) is 5.75 Å². The van der Waals surface area contributed by atoms with E-state index >= 15 is 0 Å². The average molecular weight is 471 g/mol. The number of carbonyl (C=O) groups is 1. The summed E-state index contributed by atoms with van der Waals surface area (Å²) >= 11 is 9.06. The minimum Gasteiger partial charge on any atom is -0.495 e. The van der Waals surface area contributed by atoms with Crippen LogP contribution in [-0.2, 0) is 4.79 Å². The molecule has 0 radical (unpaired) electrons. The smallest absolute Gasteiger partial charge is 0.268 e. The van der Waals surface area contributed by atoms with Crippen molar-refractivity contribution < 1.29 is 9.53 Å². The van der Waals surface area contributed by atoms with Gasteiger partial charge in [-0.2, -0.15) is 0 Å². The Hall–Kier alpha value is -2.61. The van der Waals surface area contributed by atoms with Gasteiger partial charge in [0.15, 0.2) is 5.16 Å². The maximum Gasteiger partial charge on any atom is 0.268 e. The highest BCUT2D eigenvalue weighted by Gasteiger charge is 2.23. The SMILES string of the molecule is COc1ccccc1-n1c(S[C@@H](C)C(C)=O)nc2scc(-c3ccccc3Cl)c2c1=O. The summed E-state index contributed by atoms with van der Waals surface area (Å²) in [5, 5.41) is 3.04. The number of halogens is 1. The second kappa shape index (κ2) is 8.86. The summed E-state index contributed by atoms with van der Waals surface area (Å²) in [5.41, 5.74) is 1.85. The number of aromatic nitrogens is 2. The molecule has 8 heteroatoms. The lowest BCUT2D eigenvalue weighted by Crippen LogP contribution is -2.23. The molecule has 31 heavy (non-hydrogen) atoms. The van der Waals surface area contributed by atoms with E-state index in [4.69, 9.17) is 21.3 Å². The fourth-order valence-corrected chi connectivity index (χ4v) is 5.33. The third kappa shape index (κ3) is 4.01. The summed E-state index contributed by atoms with van der Waals surface area (Å²) in [5.74, 6) is 0.548. The van der Waals surface area contributed by atoms with E-state index in [1.54, 1.807) is 32.2 Å². The van der Waals surface area contributed by atoms with Gasteiger partial charge in [-0.25, -0.2) is 4.98 Å². The Kier molecular flexibility index (Phi) is 6.18. The Balaban J connectivity index is 2.05. The van der Waals surface area contributed by atoms with Gasteiger partial charge in [0.25, 0.3) is 5.56 Å². The number of ether oxygens (including phenoxy) is 1. The molecule has 158 valence electrons. The largest absolute Gasteiger partial charge is 0.495 e. The van der Waals surface area contributed by atoms with Crippen molar-refractivity contribution in [2.24, 2.45) is 0 Å². The van der Waals surface area contributed by atoms with Crippen LogP contribution < -0.4 is 10.3 Å². The second-order valence-electron chi connectivity index (χ2n) is 6.89. The molecule has 0 aliphatic heterocycles. The Labute approximate surface area is 192 Å². The molecule has 0 N–H and O–H groups in total. The maximum absolute atomic E-state index is 13.9. The predicted octanol–water partition coefficient (Wildman–Crippen LogP) is 5.85. The minimum atomic E-state index is -0.353. The van der Waals surface area contributed by atoms with Gasteiger partial charge in [-0.3, -0.25) is 14.2 Å². The van der Waals surface area contributed by atoms with Crippen molar-refractivity contribution >= 4 is 50.7 Å². The molecular formula is C23H19ClN2O3S2. The van der Waals surface area contributed by atoms with E-state index in [1.807, 2.05) is 35.7 Å². The van der Waals surface area contributed by atoms with Crippen LogP contribution in [0.2, 0.25) is 5.02 Å². The first-order valence-electron chi connectivity index (χ1n) is 9.52. The fourth-order valence-electron chi connectivity index (χ4n) is 3.20. The van der Waals surface area contributed by atoms with Gasteiger partial charge in [-0.05, 0) is 32.0 Å². The summed E-state index contributed by atoms with van der Waals surface area (Å²) in [6.07, 6.45) is 0. The van der Waals surface area contributed by atoms with Crippen molar-refractivity contribution in [2.45, 2.75) is 24.3 Å². The topological polar surface area (TPSA) is 61.2 Å². The van der Waals surface area contributed by atoms with Crippen LogP contribution in [0.3, 0.4) is 0 Å². The molecule has 4 aromatic rings. The zero-order valence-corrected chi connectivity index (χ0v) is 19.5. The van der Waals surface area contributed by atoms with E-state index in [0.29, 0.717) is 31.8 Å². The predicted molar refractivity (Wildman–Crippen MR) is 128 cm³/mol. The molecule has 0 amide bonds. The second-order valence-corrected chi connectivity index (χ2v) is 9.46. The van der Waals surface area contributed by atoms with Gasteiger partial charge in [0.2, 0.25) is 0 Å². The summed E-state index contributed by atoms with van der Waals surface area (Å²) in [7, 11) is 1.56. The number of benzene rings is 2. The summed E-state index contributed by atoms with van der Waals surface area (Å²) in [6, 6.07) is 14.7. The molecule has 2 aromatic heterocycles. The first kappa shape index (κ1) is 21.6. The molecule has 2 heterocycles. The third-order valence-corrected chi connectivity index (χ3v) is 7.29. The number of para-hydroxylation sites is 2. The summed E-state index contributed by atoms with van der Waals surface area (Å²) in [6.45, 7) is 3.34. The number of carbonyl (C=O) groups excluding carboxylic acids is 1. The monoisotopic (exact) mass is 470 g/mol. The van der Waals surface area contributed by atoms with E-state index in [-0.39, 0.29) is 16.6 Å². The molecule has 1 atom stereocenters. The van der Waals surface area contributed by atoms with Crippen molar-refractivity contribution in [1.82, 2.24) is 9.55 Å². The number of fused-ring (bicyclic) bond motifs is 1. The van der Waals surface area contributed by atoms with Gasteiger partial charge in [-0.15, -0.1) is 11.3 Å². The lowest BCUT2D eigenvalue weighted by atomic mass is 10.1. The van der Waals surface area contributed by atoms with E-state index < -0.39 is 0 Å². The normalized spacial score (nSPS) is 12.1. The van der Waals surface area contributed by atoms with Crippen LogP contribution >= 0.6 is 34.7 Å². The van der Waals surface area contributed by atoms with E-state index in [0.717, 1.165) is 11.1 Å². The van der Waals surface area contributed by atoms with Crippen LogP contribution in [0.4, 0.5) is 0 Å². The number of hydrogen-bond donors (Lipinski definition) is 0. The van der Waals surface area contributed by atoms with Gasteiger partial charge >= 0.3 is 0 Å². The molecule has 4 rings (SSSR count).